The SMILES string of the molecule is CN(c1cccc(-c2ccc(C(C)(C)C)cc2)n1)c1nc(=N)n(C=N)c2cc(Cl)ccc12. The summed E-state index contributed by atoms with van der Waals surface area (Å²) in [5.74, 6) is 1.28. The second kappa shape index (κ2) is 8.20. The van der Waals surface area contributed by atoms with Gasteiger partial charge < -0.3 is 4.90 Å². The van der Waals surface area contributed by atoms with Gasteiger partial charge in [-0.25, -0.2) is 4.98 Å². The molecule has 162 valence electrons. The van der Waals surface area contributed by atoms with Gasteiger partial charge in [-0.1, -0.05) is 62.7 Å². The summed E-state index contributed by atoms with van der Waals surface area (Å²) >= 11 is 6.18. The van der Waals surface area contributed by atoms with Crippen molar-refractivity contribution >= 4 is 40.5 Å². The molecular formula is C25H25ClN6. The van der Waals surface area contributed by atoms with Gasteiger partial charge >= 0.3 is 0 Å². The Morgan fingerprint density at radius 3 is 2.38 bits per heavy atom. The maximum atomic E-state index is 8.28. The van der Waals surface area contributed by atoms with Crippen molar-refractivity contribution in [1.82, 2.24) is 14.5 Å². The molecule has 2 heterocycles. The van der Waals surface area contributed by atoms with Gasteiger partial charge in [0.1, 0.15) is 11.6 Å². The van der Waals surface area contributed by atoms with Crippen molar-refractivity contribution < 1.29 is 0 Å². The number of hydrogen-bond acceptors (Lipinski definition) is 5. The molecule has 2 aromatic carbocycles. The third kappa shape index (κ3) is 4.01. The normalized spacial score (nSPS) is 11.5. The van der Waals surface area contributed by atoms with Crippen LogP contribution in [-0.2, 0) is 5.41 Å². The van der Waals surface area contributed by atoms with E-state index in [-0.39, 0.29) is 11.0 Å². The average molecular weight is 445 g/mol. The van der Waals surface area contributed by atoms with Gasteiger partial charge in [0, 0.05) is 23.0 Å². The minimum atomic E-state index is -0.0504. The first-order chi connectivity index (χ1) is 15.2. The highest BCUT2D eigenvalue weighted by molar-refractivity contribution is 6.31. The second-order valence-corrected chi connectivity index (χ2v) is 9.12. The molecule has 2 N–H and O–H groups in total. The van der Waals surface area contributed by atoms with Crippen LogP contribution in [0.4, 0.5) is 11.6 Å². The van der Waals surface area contributed by atoms with Crippen LogP contribution in [0.25, 0.3) is 22.2 Å². The lowest BCUT2D eigenvalue weighted by atomic mass is 9.86. The number of halogens is 1. The number of anilines is 2. The molecule has 0 saturated carbocycles. The molecule has 4 aromatic rings. The van der Waals surface area contributed by atoms with E-state index in [0.29, 0.717) is 22.2 Å². The summed E-state index contributed by atoms with van der Waals surface area (Å²) < 4.78 is 1.39. The molecule has 0 aliphatic rings. The fourth-order valence-electron chi connectivity index (χ4n) is 3.63. The first kappa shape index (κ1) is 21.7. The molecule has 0 radical (unpaired) electrons. The number of pyridine rings is 1. The summed E-state index contributed by atoms with van der Waals surface area (Å²) in [5.41, 5.74) is 3.86. The molecule has 4 rings (SSSR count). The summed E-state index contributed by atoms with van der Waals surface area (Å²) in [6.07, 6.45) is 1.07. The Kier molecular flexibility index (Phi) is 5.57. The van der Waals surface area contributed by atoms with Crippen LogP contribution in [-0.4, -0.2) is 27.9 Å². The van der Waals surface area contributed by atoms with Crippen molar-refractivity contribution in [2.24, 2.45) is 0 Å². The van der Waals surface area contributed by atoms with Crippen LogP contribution < -0.4 is 10.5 Å². The molecule has 0 atom stereocenters. The van der Waals surface area contributed by atoms with Gasteiger partial charge in [-0.15, -0.1) is 0 Å². The van der Waals surface area contributed by atoms with Crippen LogP contribution in [0.5, 0.6) is 0 Å². The Balaban J connectivity index is 1.78. The van der Waals surface area contributed by atoms with Crippen LogP contribution in [0, 0.1) is 10.8 Å². The summed E-state index contributed by atoms with van der Waals surface area (Å²) in [7, 11) is 1.87. The third-order valence-corrected chi connectivity index (χ3v) is 5.71. The van der Waals surface area contributed by atoms with Gasteiger partial charge in [-0.2, -0.15) is 4.98 Å². The third-order valence-electron chi connectivity index (χ3n) is 5.47. The van der Waals surface area contributed by atoms with E-state index in [4.69, 9.17) is 27.4 Å². The molecule has 0 aliphatic carbocycles. The number of nitrogens with zero attached hydrogens (tertiary/aromatic N) is 4. The summed E-state index contributed by atoms with van der Waals surface area (Å²) in [6.45, 7) is 6.59. The van der Waals surface area contributed by atoms with E-state index < -0.39 is 0 Å². The Morgan fingerprint density at radius 2 is 1.72 bits per heavy atom. The fourth-order valence-corrected chi connectivity index (χ4v) is 3.79. The zero-order chi connectivity index (χ0) is 23.0. The van der Waals surface area contributed by atoms with Gasteiger partial charge in [0.25, 0.3) is 0 Å². The smallest absolute Gasteiger partial charge is 0.229 e. The Morgan fingerprint density at radius 1 is 1.00 bits per heavy atom. The molecule has 0 bridgehead atoms. The average Bonchev–Trinajstić information content (AvgIpc) is 2.77. The quantitative estimate of drug-likeness (QED) is 0.310. The minimum Gasteiger partial charge on any atom is -0.313 e. The second-order valence-electron chi connectivity index (χ2n) is 8.69. The van der Waals surface area contributed by atoms with E-state index in [1.807, 2.05) is 36.2 Å². The van der Waals surface area contributed by atoms with Crippen molar-refractivity contribution in [2.45, 2.75) is 26.2 Å². The topological polar surface area (TPSA) is 81.7 Å². The highest BCUT2D eigenvalue weighted by atomic mass is 35.5. The lowest BCUT2D eigenvalue weighted by molar-refractivity contribution is 0.590. The number of rotatable bonds is 4. The van der Waals surface area contributed by atoms with Gasteiger partial charge in [-0.3, -0.25) is 15.4 Å². The van der Waals surface area contributed by atoms with E-state index in [1.54, 1.807) is 12.1 Å². The van der Waals surface area contributed by atoms with E-state index in [2.05, 4.69) is 50.0 Å². The first-order valence-electron chi connectivity index (χ1n) is 10.3. The molecule has 2 aromatic heterocycles. The van der Waals surface area contributed by atoms with E-state index in [0.717, 1.165) is 23.0 Å². The standard InChI is InChI=1S/C25H25ClN6/c1-25(2,3)17-10-8-16(9-11-17)20-6-5-7-22(29-20)31(4)23-19-13-12-18(26)14-21(19)32(15-27)24(28)30-23/h5-15,27-28H,1-4H3. The summed E-state index contributed by atoms with van der Waals surface area (Å²) in [6, 6.07) is 19.7. The largest absolute Gasteiger partial charge is 0.313 e. The predicted molar refractivity (Wildman–Crippen MR) is 131 cm³/mol. The lowest BCUT2D eigenvalue weighted by Crippen LogP contribution is -2.26. The van der Waals surface area contributed by atoms with Crippen molar-refractivity contribution in [3.8, 4) is 11.3 Å². The number of aromatic nitrogens is 3. The minimum absolute atomic E-state index is 0.0504. The Bertz CT molecular complexity index is 1370. The van der Waals surface area contributed by atoms with Gasteiger partial charge in [-0.05, 0) is 41.3 Å². The van der Waals surface area contributed by atoms with Gasteiger partial charge in [0.15, 0.2) is 0 Å². The van der Waals surface area contributed by atoms with Crippen LogP contribution in [0.2, 0.25) is 5.02 Å². The lowest BCUT2D eigenvalue weighted by Gasteiger charge is -2.21. The molecule has 0 unspecified atom stereocenters. The molecule has 0 aliphatic heterocycles. The monoisotopic (exact) mass is 444 g/mol. The molecule has 32 heavy (non-hydrogen) atoms. The van der Waals surface area contributed by atoms with Crippen LogP contribution >= 0.6 is 11.6 Å². The summed E-state index contributed by atoms with van der Waals surface area (Å²) in [5, 5.41) is 17.3. The fraction of sp³-hybridized carbons (Fsp3) is 0.200. The number of hydrogen-bond donors (Lipinski definition) is 2. The number of nitrogens with one attached hydrogen (secondary N) is 2. The van der Waals surface area contributed by atoms with Crippen LogP contribution in [0.1, 0.15) is 26.3 Å². The number of fused-ring (bicyclic) bond motifs is 1. The van der Waals surface area contributed by atoms with E-state index in [9.17, 15) is 0 Å². The number of benzene rings is 2. The first-order valence-corrected chi connectivity index (χ1v) is 10.7. The molecule has 0 saturated heterocycles. The maximum absolute atomic E-state index is 8.28. The van der Waals surface area contributed by atoms with Crippen molar-refractivity contribution in [2.75, 3.05) is 11.9 Å². The molecule has 0 spiro atoms. The molecule has 6 nitrogen and oxygen atoms in total. The highest BCUT2D eigenvalue weighted by Gasteiger charge is 2.16. The van der Waals surface area contributed by atoms with Crippen molar-refractivity contribution in [3.63, 3.8) is 0 Å². The Hall–Kier alpha value is -3.51. The van der Waals surface area contributed by atoms with Crippen LogP contribution in [0.3, 0.4) is 0 Å². The van der Waals surface area contributed by atoms with Crippen molar-refractivity contribution in [1.29, 1.82) is 10.8 Å². The molecule has 0 amide bonds. The van der Waals surface area contributed by atoms with Gasteiger partial charge in [0.05, 0.1) is 17.5 Å². The van der Waals surface area contributed by atoms with Gasteiger partial charge in [0.2, 0.25) is 5.62 Å². The zero-order valence-corrected chi connectivity index (χ0v) is 19.3. The molecule has 7 heteroatoms. The zero-order valence-electron chi connectivity index (χ0n) is 18.5. The molecule has 0 fully saturated rings. The van der Waals surface area contributed by atoms with E-state index in [1.165, 1.54) is 10.1 Å². The summed E-state index contributed by atoms with van der Waals surface area (Å²) in [4.78, 5) is 11.2. The predicted octanol–water partition coefficient (Wildman–Crippen LogP) is 5.75. The van der Waals surface area contributed by atoms with E-state index >= 15 is 0 Å². The maximum Gasteiger partial charge on any atom is 0.229 e. The Labute approximate surface area is 192 Å². The van der Waals surface area contributed by atoms with Crippen LogP contribution in [0.15, 0.2) is 60.7 Å². The highest BCUT2D eigenvalue weighted by Crippen LogP contribution is 2.30. The van der Waals surface area contributed by atoms with Crippen molar-refractivity contribution in [3.05, 3.63) is 76.9 Å². The molecular weight excluding hydrogens is 420 g/mol.